The van der Waals surface area contributed by atoms with Gasteiger partial charge in [-0.15, -0.1) is 0 Å². The Labute approximate surface area is 128 Å². The van der Waals surface area contributed by atoms with Crippen molar-refractivity contribution in [3.8, 4) is 0 Å². The second-order valence-electron chi connectivity index (χ2n) is 7.15. The minimum absolute atomic E-state index is 0.384. The lowest BCUT2D eigenvalue weighted by Crippen LogP contribution is -2.42. The highest BCUT2D eigenvalue weighted by Gasteiger charge is 2.41. The first-order chi connectivity index (χ1) is 10.1. The molecule has 0 bridgehead atoms. The highest BCUT2D eigenvalue weighted by Crippen LogP contribution is 2.44. The molecule has 1 aromatic rings. The average Bonchev–Trinajstić information content (AvgIpc) is 2.46. The third-order valence-electron chi connectivity index (χ3n) is 5.83. The summed E-state index contributed by atoms with van der Waals surface area (Å²) in [6, 6.07) is 8.59. The molecule has 1 atom stereocenters. The van der Waals surface area contributed by atoms with Gasteiger partial charge >= 0.3 is 0 Å². The van der Waals surface area contributed by atoms with Gasteiger partial charge in [0, 0.05) is 7.11 Å². The molecule has 2 fully saturated rings. The van der Waals surface area contributed by atoms with Crippen molar-refractivity contribution in [3.05, 3.63) is 35.4 Å². The van der Waals surface area contributed by atoms with Gasteiger partial charge in [-0.2, -0.15) is 0 Å². The molecule has 2 saturated carbocycles. The Bertz CT molecular complexity index is 470. The van der Waals surface area contributed by atoms with Crippen LogP contribution in [0.15, 0.2) is 24.3 Å². The molecular formula is C19H28O2. The van der Waals surface area contributed by atoms with Gasteiger partial charge in [-0.25, -0.2) is 0 Å². The quantitative estimate of drug-likeness (QED) is 0.878. The number of hydrogen-bond donors (Lipinski definition) is 1. The van der Waals surface area contributed by atoms with E-state index in [1.54, 1.807) is 7.11 Å². The summed E-state index contributed by atoms with van der Waals surface area (Å²) >= 11 is 0. The first-order valence-electron chi connectivity index (χ1n) is 8.48. The van der Waals surface area contributed by atoms with E-state index < -0.39 is 6.10 Å². The first-order valence-corrected chi connectivity index (χ1v) is 8.48. The molecule has 2 aliphatic rings. The minimum atomic E-state index is -0.505. The Morgan fingerprint density at radius 3 is 2.48 bits per heavy atom. The van der Waals surface area contributed by atoms with E-state index in [0.29, 0.717) is 5.92 Å². The maximum Gasteiger partial charge on any atom is 0.108 e. The normalized spacial score (nSPS) is 31.7. The van der Waals surface area contributed by atoms with Gasteiger partial charge in [0.05, 0.1) is 5.60 Å². The van der Waals surface area contributed by atoms with Gasteiger partial charge in [0.1, 0.15) is 6.10 Å². The molecule has 21 heavy (non-hydrogen) atoms. The fourth-order valence-corrected chi connectivity index (χ4v) is 3.87. The standard InChI is InChI=1S/C19H28O2/c1-14-9-11-19(21-2,12-10-14)18(20)17-8-4-7-16(13-17)15-5-3-6-15/h4,7-8,13-15,18,20H,3,5-6,9-12H2,1-2H3. The largest absolute Gasteiger partial charge is 0.385 e. The van der Waals surface area contributed by atoms with Crippen molar-refractivity contribution in [2.75, 3.05) is 7.11 Å². The Morgan fingerprint density at radius 2 is 1.90 bits per heavy atom. The van der Waals surface area contributed by atoms with Gasteiger partial charge < -0.3 is 9.84 Å². The van der Waals surface area contributed by atoms with Crippen molar-refractivity contribution in [2.45, 2.75) is 69.5 Å². The van der Waals surface area contributed by atoms with Crippen molar-refractivity contribution < 1.29 is 9.84 Å². The van der Waals surface area contributed by atoms with Crippen molar-refractivity contribution in [1.29, 1.82) is 0 Å². The molecule has 2 nitrogen and oxygen atoms in total. The van der Waals surface area contributed by atoms with Gasteiger partial charge in [-0.05, 0) is 61.5 Å². The van der Waals surface area contributed by atoms with Crippen LogP contribution in [0, 0.1) is 5.92 Å². The summed E-state index contributed by atoms with van der Waals surface area (Å²) in [5.74, 6) is 1.46. The number of rotatable bonds is 4. The average molecular weight is 288 g/mol. The van der Waals surface area contributed by atoms with E-state index in [0.717, 1.165) is 37.2 Å². The third kappa shape index (κ3) is 2.89. The molecule has 0 saturated heterocycles. The van der Waals surface area contributed by atoms with Crippen LogP contribution in [0.25, 0.3) is 0 Å². The molecule has 0 spiro atoms. The third-order valence-corrected chi connectivity index (χ3v) is 5.83. The molecule has 3 rings (SSSR count). The Kier molecular flexibility index (Phi) is 4.37. The number of benzene rings is 1. The Balaban J connectivity index is 1.81. The van der Waals surface area contributed by atoms with Crippen LogP contribution in [-0.4, -0.2) is 17.8 Å². The van der Waals surface area contributed by atoms with Crippen LogP contribution in [0.3, 0.4) is 0 Å². The first kappa shape index (κ1) is 15.1. The molecule has 0 heterocycles. The van der Waals surface area contributed by atoms with Gasteiger partial charge in [0.15, 0.2) is 0 Å². The van der Waals surface area contributed by atoms with E-state index in [9.17, 15) is 5.11 Å². The number of ether oxygens (including phenoxy) is 1. The van der Waals surface area contributed by atoms with E-state index in [4.69, 9.17) is 4.74 Å². The van der Waals surface area contributed by atoms with Crippen molar-refractivity contribution in [3.63, 3.8) is 0 Å². The van der Waals surface area contributed by atoms with Crippen molar-refractivity contribution in [1.82, 2.24) is 0 Å². The number of aliphatic hydroxyl groups excluding tert-OH is 1. The fourth-order valence-electron chi connectivity index (χ4n) is 3.87. The van der Waals surface area contributed by atoms with Crippen molar-refractivity contribution in [2.24, 2.45) is 5.92 Å². The number of hydrogen-bond acceptors (Lipinski definition) is 2. The Morgan fingerprint density at radius 1 is 1.19 bits per heavy atom. The summed E-state index contributed by atoms with van der Waals surface area (Å²) in [6.07, 6.45) is 7.64. The van der Waals surface area contributed by atoms with Crippen LogP contribution in [0.1, 0.15) is 75.0 Å². The predicted octanol–water partition coefficient (Wildman–Crippen LogP) is 4.58. The van der Waals surface area contributed by atoms with Gasteiger partial charge in [0.2, 0.25) is 0 Å². The lowest BCUT2D eigenvalue weighted by Gasteiger charge is -2.42. The molecule has 116 valence electrons. The molecule has 0 radical (unpaired) electrons. The van der Waals surface area contributed by atoms with E-state index in [1.165, 1.54) is 24.8 Å². The van der Waals surface area contributed by atoms with Gasteiger partial charge in [0.25, 0.3) is 0 Å². The monoisotopic (exact) mass is 288 g/mol. The molecule has 0 aliphatic heterocycles. The van der Waals surface area contributed by atoms with Crippen LogP contribution < -0.4 is 0 Å². The van der Waals surface area contributed by atoms with E-state index >= 15 is 0 Å². The number of aliphatic hydroxyl groups is 1. The summed E-state index contributed by atoms with van der Waals surface area (Å²) in [4.78, 5) is 0. The van der Waals surface area contributed by atoms with Crippen LogP contribution in [0.2, 0.25) is 0 Å². The SMILES string of the molecule is COC1(C(O)c2cccc(C3CCC3)c2)CCC(C)CC1. The van der Waals surface area contributed by atoms with Crippen LogP contribution in [0.4, 0.5) is 0 Å². The zero-order valence-electron chi connectivity index (χ0n) is 13.3. The minimum Gasteiger partial charge on any atom is -0.385 e. The highest BCUT2D eigenvalue weighted by molar-refractivity contribution is 5.30. The zero-order chi connectivity index (χ0) is 14.9. The van der Waals surface area contributed by atoms with Gasteiger partial charge in [-0.1, -0.05) is 37.6 Å². The highest BCUT2D eigenvalue weighted by atomic mass is 16.5. The fraction of sp³-hybridized carbons (Fsp3) is 0.684. The second-order valence-corrected chi connectivity index (χ2v) is 7.15. The van der Waals surface area contributed by atoms with Crippen LogP contribution >= 0.6 is 0 Å². The van der Waals surface area contributed by atoms with Crippen LogP contribution in [0.5, 0.6) is 0 Å². The van der Waals surface area contributed by atoms with E-state index in [-0.39, 0.29) is 5.60 Å². The number of methoxy groups -OCH3 is 1. The molecule has 2 aliphatic carbocycles. The summed E-state index contributed by atoms with van der Waals surface area (Å²) in [6.45, 7) is 2.29. The van der Waals surface area contributed by atoms with E-state index in [1.807, 2.05) is 0 Å². The van der Waals surface area contributed by atoms with Gasteiger partial charge in [-0.3, -0.25) is 0 Å². The summed E-state index contributed by atoms with van der Waals surface area (Å²) in [7, 11) is 1.76. The van der Waals surface area contributed by atoms with Crippen LogP contribution in [-0.2, 0) is 4.74 Å². The van der Waals surface area contributed by atoms with Crippen molar-refractivity contribution >= 4 is 0 Å². The summed E-state index contributed by atoms with van der Waals surface area (Å²) in [5, 5.41) is 11.0. The maximum absolute atomic E-state index is 11.0. The molecule has 0 aromatic heterocycles. The molecule has 1 unspecified atom stereocenters. The summed E-state index contributed by atoms with van der Waals surface area (Å²) < 4.78 is 5.83. The predicted molar refractivity (Wildman–Crippen MR) is 85.4 cm³/mol. The smallest absolute Gasteiger partial charge is 0.108 e. The molecule has 1 aromatic carbocycles. The molecule has 1 N–H and O–H groups in total. The Hall–Kier alpha value is -0.860. The lowest BCUT2D eigenvalue weighted by atomic mass is 9.73. The lowest BCUT2D eigenvalue weighted by molar-refractivity contribution is -0.130. The molecule has 0 amide bonds. The maximum atomic E-state index is 11.0. The zero-order valence-corrected chi connectivity index (χ0v) is 13.3. The molecular weight excluding hydrogens is 260 g/mol. The van der Waals surface area contributed by atoms with E-state index in [2.05, 4.69) is 31.2 Å². The molecule has 2 heteroatoms. The summed E-state index contributed by atoms with van der Waals surface area (Å²) in [5.41, 5.74) is 2.05. The topological polar surface area (TPSA) is 29.5 Å². The second kappa shape index (κ2) is 6.10.